The van der Waals surface area contributed by atoms with Gasteiger partial charge < -0.3 is 19.2 Å². The number of hydrogen-bond donors (Lipinski definition) is 1. The lowest BCUT2D eigenvalue weighted by Crippen LogP contribution is -2.52. The van der Waals surface area contributed by atoms with Crippen LogP contribution >= 0.6 is 0 Å². The largest absolute Gasteiger partial charge is 0.494 e. The number of esters is 1. The van der Waals surface area contributed by atoms with Gasteiger partial charge in [0.05, 0.1) is 12.7 Å². The van der Waals surface area contributed by atoms with E-state index in [1.807, 2.05) is 13.0 Å². The van der Waals surface area contributed by atoms with E-state index in [0.717, 1.165) is 24.6 Å². The molecule has 0 saturated heterocycles. The molecule has 2 aromatic rings. The van der Waals surface area contributed by atoms with Gasteiger partial charge in [0, 0.05) is 10.9 Å². The van der Waals surface area contributed by atoms with Crippen molar-refractivity contribution in [3.8, 4) is 11.8 Å². The lowest BCUT2D eigenvalue weighted by Gasteiger charge is -2.32. The zero-order valence-corrected chi connectivity index (χ0v) is 17.0. The predicted molar refractivity (Wildman–Crippen MR) is 107 cm³/mol. The molecule has 7 heteroatoms. The number of amides is 1. The average molecular weight is 398 g/mol. The van der Waals surface area contributed by atoms with Gasteiger partial charge in [-0.25, -0.2) is 4.79 Å². The number of aryl methyl sites for hydroxylation is 1. The number of furan rings is 1. The summed E-state index contributed by atoms with van der Waals surface area (Å²) >= 11 is 0. The molecular weight excluding hydrogens is 372 g/mol. The van der Waals surface area contributed by atoms with Crippen molar-refractivity contribution in [1.29, 1.82) is 5.26 Å². The SMILES string of the molecule is CCOc1ccc2oc(C(=O)O[C@H](C)C(=O)NC3(C#N)CCCCC3)c(C)c2c1. The van der Waals surface area contributed by atoms with E-state index >= 15 is 0 Å². The second-order valence-electron chi connectivity index (χ2n) is 7.44. The standard InChI is InChI=1S/C22H26N2O5/c1-4-27-16-8-9-18-17(12-16)14(2)19(29-18)21(26)28-15(3)20(25)24-22(13-23)10-6-5-7-11-22/h8-9,12,15H,4-7,10-11H2,1-3H3,(H,24,25)/t15-/m1/s1. The maximum atomic E-state index is 12.6. The third-order valence-electron chi connectivity index (χ3n) is 5.34. The van der Waals surface area contributed by atoms with Crippen LogP contribution in [0.25, 0.3) is 11.0 Å². The van der Waals surface area contributed by atoms with E-state index in [0.29, 0.717) is 36.3 Å². The lowest BCUT2D eigenvalue weighted by molar-refractivity contribution is -0.130. The number of nitrogens with zero attached hydrogens (tertiary/aromatic N) is 1. The van der Waals surface area contributed by atoms with Gasteiger partial charge in [0.25, 0.3) is 5.91 Å². The molecule has 1 atom stereocenters. The van der Waals surface area contributed by atoms with Crippen LogP contribution in [0.5, 0.6) is 5.75 Å². The van der Waals surface area contributed by atoms with Crippen LogP contribution in [0.2, 0.25) is 0 Å². The maximum absolute atomic E-state index is 12.6. The first-order chi connectivity index (χ1) is 13.9. The van der Waals surface area contributed by atoms with Gasteiger partial charge in [0.2, 0.25) is 5.76 Å². The summed E-state index contributed by atoms with van der Waals surface area (Å²) in [4.78, 5) is 25.1. The van der Waals surface area contributed by atoms with E-state index < -0.39 is 23.5 Å². The smallest absolute Gasteiger partial charge is 0.375 e. The fourth-order valence-corrected chi connectivity index (χ4v) is 3.68. The Morgan fingerprint density at radius 3 is 2.69 bits per heavy atom. The summed E-state index contributed by atoms with van der Waals surface area (Å²) < 4.78 is 16.5. The molecule has 1 fully saturated rings. The summed E-state index contributed by atoms with van der Waals surface area (Å²) in [6.45, 7) is 5.68. The molecule has 7 nitrogen and oxygen atoms in total. The summed E-state index contributed by atoms with van der Waals surface area (Å²) in [5.74, 6) is -0.449. The van der Waals surface area contributed by atoms with Crippen LogP contribution in [0.4, 0.5) is 0 Å². The first-order valence-corrected chi connectivity index (χ1v) is 9.99. The molecule has 0 bridgehead atoms. The van der Waals surface area contributed by atoms with E-state index in [1.165, 1.54) is 6.92 Å². The third kappa shape index (κ3) is 4.37. The van der Waals surface area contributed by atoms with Gasteiger partial charge in [-0.3, -0.25) is 4.79 Å². The lowest BCUT2D eigenvalue weighted by atomic mass is 9.83. The molecule has 1 aliphatic carbocycles. The highest BCUT2D eigenvalue weighted by molar-refractivity contribution is 5.97. The summed E-state index contributed by atoms with van der Waals surface area (Å²) in [6, 6.07) is 7.54. The van der Waals surface area contributed by atoms with Gasteiger partial charge in [-0.2, -0.15) is 5.26 Å². The first kappa shape index (κ1) is 20.7. The van der Waals surface area contributed by atoms with Gasteiger partial charge in [-0.15, -0.1) is 0 Å². The molecule has 29 heavy (non-hydrogen) atoms. The van der Waals surface area contributed by atoms with Crippen LogP contribution in [0.1, 0.15) is 62.1 Å². The van der Waals surface area contributed by atoms with Crippen LogP contribution in [0.3, 0.4) is 0 Å². The van der Waals surface area contributed by atoms with Crippen molar-refractivity contribution >= 4 is 22.8 Å². The van der Waals surface area contributed by atoms with Crippen LogP contribution in [-0.4, -0.2) is 30.1 Å². The van der Waals surface area contributed by atoms with Crippen molar-refractivity contribution in [1.82, 2.24) is 5.32 Å². The molecule has 1 aromatic carbocycles. The number of carbonyl (C=O) groups excluding carboxylic acids is 2. The van der Waals surface area contributed by atoms with Crippen LogP contribution < -0.4 is 10.1 Å². The average Bonchev–Trinajstić information content (AvgIpc) is 3.05. The minimum Gasteiger partial charge on any atom is -0.494 e. The number of nitriles is 1. The van der Waals surface area contributed by atoms with Crippen molar-refractivity contribution in [3.05, 3.63) is 29.5 Å². The van der Waals surface area contributed by atoms with Gasteiger partial charge in [-0.05, 0) is 51.8 Å². The monoisotopic (exact) mass is 398 g/mol. The molecule has 0 aliphatic heterocycles. The third-order valence-corrected chi connectivity index (χ3v) is 5.34. The van der Waals surface area contributed by atoms with Crippen molar-refractivity contribution < 1.29 is 23.5 Å². The minimum atomic E-state index is -1.04. The van der Waals surface area contributed by atoms with Crippen LogP contribution in [-0.2, 0) is 9.53 Å². The number of fused-ring (bicyclic) bond motifs is 1. The zero-order valence-electron chi connectivity index (χ0n) is 17.0. The number of ether oxygens (including phenoxy) is 2. The van der Waals surface area contributed by atoms with Gasteiger partial charge in [-0.1, -0.05) is 19.3 Å². The van der Waals surface area contributed by atoms with E-state index in [2.05, 4.69) is 11.4 Å². The molecule has 1 aromatic heterocycles. The van der Waals surface area contributed by atoms with Crippen LogP contribution in [0, 0.1) is 18.3 Å². The van der Waals surface area contributed by atoms with Gasteiger partial charge in [0.15, 0.2) is 6.10 Å². The van der Waals surface area contributed by atoms with E-state index in [1.54, 1.807) is 19.1 Å². The molecule has 154 valence electrons. The molecule has 3 rings (SSSR count). The topological polar surface area (TPSA) is 102 Å². The van der Waals surface area contributed by atoms with Gasteiger partial charge >= 0.3 is 5.97 Å². The number of benzene rings is 1. The van der Waals surface area contributed by atoms with Gasteiger partial charge in [0.1, 0.15) is 16.9 Å². The van der Waals surface area contributed by atoms with E-state index in [-0.39, 0.29) is 5.76 Å². The highest BCUT2D eigenvalue weighted by Crippen LogP contribution is 2.30. The quantitative estimate of drug-likeness (QED) is 0.737. The number of hydrogen-bond acceptors (Lipinski definition) is 6. The molecule has 1 heterocycles. The number of rotatable bonds is 6. The molecule has 1 N–H and O–H groups in total. The van der Waals surface area contributed by atoms with Crippen molar-refractivity contribution in [2.75, 3.05) is 6.61 Å². The highest BCUT2D eigenvalue weighted by atomic mass is 16.6. The Morgan fingerprint density at radius 1 is 1.31 bits per heavy atom. The Morgan fingerprint density at radius 2 is 2.03 bits per heavy atom. The number of nitrogens with one attached hydrogen (secondary N) is 1. The molecule has 1 amide bonds. The Kier molecular flexibility index (Phi) is 6.12. The molecular formula is C22H26N2O5. The second kappa shape index (κ2) is 8.56. The van der Waals surface area contributed by atoms with Crippen LogP contribution in [0.15, 0.2) is 22.6 Å². The molecule has 0 spiro atoms. The fraction of sp³-hybridized carbons (Fsp3) is 0.500. The Labute approximate surface area is 170 Å². The summed E-state index contributed by atoms with van der Waals surface area (Å²) in [7, 11) is 0. The van der Waals surface area contributed by atoms with E-state index in [9.17, 15) is 14.9 Å². The Hall–Kier alpha value is -3.01. The predicted octanol–water partition coefficient (Wildman–Crippen LogP) is 4.03. The van der Waals surface area contributed by atoms with Crippen molar-refractivity contribution in [3.63, 3.8) is 0 Å². The van der Waals surface area contributed by atoms with Crippen molar-refractivity contribution in [2.45, 2.75) is 64.5 Å². The molecule has 1 saturated carbocycles. The molecule has 0 radical (unpaired) electrons. The highest BCUT2D eigenvalue weighted by Gasteiger charge is 2.35. The zero-order chi connectivity index (χ0) is 21.0. The summed E-state index contributed by atoms with van der Waals surface area (Å²) in [6.07, 6.45) is 3.02. The number of carbonyl (C=O) groups is 2. The van der Waals surface area contributed by atoms with Crippen molar-refractivity contribution in [2.24, 2.45) is 0 Å². The minimum absolute atomic E-state index is 0.0564. The normalized spacial score (nSPS) is 16.6. The molecule has 0 unspecified atom stereocenters. The molecule has 1 aliphatic rings. The Balaban J connectivity index is 1.71. The fourth-order valence-electron chi connectivity index (χ4n) is 3.68. The second-order valence-corrected chi connectivity index (χ2v) is 7.44. The maximum Gasteiger partial charge on any atom is 0.375 e. The summed E-state index contributed by atoms with van der Waals surface area (Å²) in [5.41, 5.74) is 0.293. The van der Waals surface area contributed by atoms with E-state index in [4.69, 9.17) is 13.9 Å². The Bertz CT molecular complexity index is 950. The summed E-state index contributed by atoms with van der Waals surface area (Å²) in [5, 5.41) is 13.0. The first-order valence-electron chi connectivity index (χ1n) is 9.99.